The molecule has 3 aromatic rings. The van der Waals surface area contributed by atoms with E-state index in [0.717, 1.165) is 4.88 Å². The van der Waals surface area contributed by atoms with Crippen LogP contribution in [0.15, 0.2) is 42.6 Å². The molecule has 1 spiro atoms. The van der Waals surface area contributed by atoms with E-state index in [1.54, 1.807) is 36.5 Å². The Morgan fingerprint density at radius 2 is 1.93 bits per heavy atom. The van der Waals surface area contributed by atoms with E-state index in [1.807, 2.05) is 6.07 Å². The molecule has 5 heterocycles. The van der Waals surface area contributed by atoms with Crippen LogP contribution in [-0.2, 0) is 21.3 Å². The van der Waals surface area contributed by atoms with Gasteiger partial charge in [0.2, 0.25) is 6.79 Å². The second-order valence-corrected chi connectivity index (χ2v) is 10.8. The molecule has 0 radical (unpaired) electrons. The first-order valence-corrected chi connectivity index (χ1v) is 11.4. The third-order valence-corrected chi connectivity index (χ3v) is 8.99. The van der Waals surface area contributed by atoms with Crippen LogP contribution in [0.5, 0.6) is 17.2 Å². The lowest BCUT2D eigenvalue weighted by atomic mass is 9.92. The molecule has 2 aromatic heterocycles. The topological polar surface area (TPSA) is 78.0 Å². The number of thiophene rings is 1. The third-order valence-electron chi connectivity index (χ3n) is 5.46. The number of rotatable bonds is 2. The van der Waals surface area contributed by atoms with Gasteiger partial charge in [-0.15, -0.1) is 11.3 Å². The van der Waals surface area contributed by atoms with Crippen molar-refractivity contribution in [2.75, 3.05) is 17.7 Å². The van der Waals surface area contributed by atoms with Gasteiger partial charge in [-0.25, -0.2) is 17.7 Å². The van der Waals surface area contributed by atoms with Crippen LogP contribution in [0.3, 0.4) is 0 Å². The van der Waals surface area contributed by atoms with Gasteiger partial charge >= 0.3 is 0 Å². The molecule has 10 heteroatoms. The van der Waals surface area contributed by atoms with Crippen LogP contribution in [-0.4, -0.2) is 26.8 Å². The van der Waals surface area contributed by atoms with Crippen LogP contribution in [0.25, 0.3) is 0 Å². The zero-order valence-electron chi connectivity index (χ0n) is 14.8. The molecule has 3 aliphatic heterocycles. The van der Waals surface area contributed by atoms with E-state index in [4.69, 9.17) is 25.8 Å². The normalized spacial score (nSPS) is 22.6. The molecule has 0 N–H and O–H groups in total. The van der Waals surface area contributed by atoms with E-state index in [-0.39, 0.29) is 19.9 Å². The van der Waals surface area contributed by atoms with Crippen LogP contribution in [0.4, 0.5) is 5.82 Å². The number of sulfonamides is 1. The van der Waals surface area contributed by atoms with Gasteiger partial charge in [0, 0.05) is 28.3 Å². The largest absolute Gasteiger partial charge is 0.491 e. The fourth-order valence-electron chi connectivity index (χ4n) is 4.14. The van der Waals surface area contributed by atoms with Gasteiger partial charge in [0.05, 0.1) is 10.9 Å². The Hall–Kier alpha value is -2.49. The summed E-state index contributed by atoms with van der Waals surface area (Å²) in [5.74, 6) is 1.95. The standard InChI is InChI=1S/C19H13ClN2O5S2/c20-17-4-3-11(28-17)8-22-18-12(2-1-5-21-18)19(29(22,23)24)9-25-14-7-16-15(6-13(14)19)26-10-27-16/h1-7H,8-10H2. The molecular weight excluding hydrogens is 436 g/mol. The molecule has 1 aromatic carbocycles. The zero-order chi connectivity index (χ0) is 19.8. The van der Waals surface area contributed by atoms with Gasteiger partial charge < -0.3 is 14.2 Å². The second-order valence-electron chi connectivity index (χ2n) is 6.91. The summed E-state index contributed by atoms with van der Waals surface area (Å²) in [5.41, 5.74) is 1.14. The van der Waals surface area contributed by atoms with E-state index in [0.29, 0.717) is 38.5 Å². The smallest absolute Gasteiger partial charge is 0.254 e. The molecular formula is C19H13ClN2O5S2. The highest BCUT2D eigenvalue weighted by atomic mass is 35.5. The Kier molecular flexibility index (Phi) is 3.46. The number of hydrogen-bond donors (Lipinski definition) is 0. The summed E-state index contributed by atoms with van der Waals surface area (Å²) in [7, 11) is -3.89. The number of hydrogen-bond acceptors (Lipinski definition) is 7. The van der Waals surface area contributed by atoms with E-state index >= 15 is 0 Å². The highest BCUT2D eigenvalue weighted by Crippen LogP contribution is 2.58. The second kappa shape index (κ2) is 5.78. The summed E-state index contributed by atoms with van der Waals surface area (Å²) < 4.78 is 45.3. The molecule has 7 nitrogen and oxygen atoms in total. The summed E-state index contributed by atoms with van der Waals surface area (Å²) in [5, 5.41) is 0. The number of benzene rings is 1. The van der Waals surface area contributed by atoms with Crippen LogP contribution in [0, 0.1) is 0 Å². The summed E-state index contributed by atoms with van der Waals surface area (Å²) in [6.07, 6.45) is 1.60. The molecule has 1 unspecified atom stereocenters. The first-order valence-electron chi connectivity index (χ1n) is 8.80. The first-order chi connectivity index (χ1) is 14.0. The van der Waals surface area contributed by atoms with Gasteiger partial charge in [-0.05, 0) is 24.3 Å². The monoisotopic (exact) mass is 448 g/mol. The number of pyridine rings is 1. The van der Waals surface area contributed by atoms with Crippen molar-refractivity contribution in [1.82, 2.24) is 4.98 Å². The van der Waals surface area contributed by atoms with Crippen molar-refractivity contribution in [1.29, 1.82) is 0 Å². The lowest BCUT2D eigenvalue weighted by molar-refractivity contribution is 0.173. The van der Waals surface area contributed by atoms with Gasteiger partial charge in [0.25, 0.3) is 10.0 Å². The molecule has 3 aliphatic rings. The minimum atomic E-state index is -3.89. The Balaban J connectivity index is 1.57. The van der Waals surface area contributed by atoms with Crippen molar-refractivity contribution in [3.63, 3.8) is 0 Å². The van der Waals surface area contributed by atoms with Gasteiger partial charge in [0.1, 0.15) is 18.2 Å². The molecule has 148 valence electrons. The zero-order valence-corrected chi connectivity index (χ0v) is 17.2. The lowest BCUT2D eigenvalue weighted by Crippen LogP contribution is -2.41. The fourth-order valence-corrected chi connectivity index (χ4v) is 7.44. The Bertz CT molecular complexity index is 1280. The van der Waals surface area contributed by atoms with E-state index in [1.165, 1.54) is 15.6 Å². The molecule has 0 fully saturated rings. The number of aromatic nitrogens is 1. The average molecular weight is 449 g/mol. The minimum Gasteiger partial charge on any atom is -0.491 e. The highest BCUT2D eigenvalue weighted by Gasteiger charge is 2.62. The number of halogens is 1. The molecule has 0 amide bonds. The number of nitrogens with zero attached hydrogens (tertiary/aromatic N) is 2. The van der Waals surface area contributed by atoms with Crippen LogP contribution < -0.4 is 18.5 Å². The maximum absolute atomic E-state index is 14.0. The Labute approximate surface area is 175 Å². The summed E-state index contributed by atoms with van der Waals surface area (Å²) in [6, 6.07) is 10.5. The van der Waals surface area contributed by atoms with E-state index in [9.17, 15) is 8.42 Å². The van der Waals surface area contributed by atoms with Gasteiger partial charge in [0.15, 0.2) is 16.2 Å². The SMILES string of the molecule is O=S1(=O)N(Cc2ccc(Cl)s2)c2ncccc2C12COc1cc3c(cc12)OCO3. The van der Waals surface area contributed by atoms with Crippen LogP contribution in [0.1, 0.15) is 16.0 Å². The lowest BCUT2D eigenvalue weighted by Gasteiger charge is -2.24. The van der Waals surface area contributed by atoms with Crippen LogP contribution in [0.2, 0.25) is 4.34 Å². The maximum atomic E-state index is 14.0. The summed E-state index contributed by atoms with van der Waals surface area (Å²) >= 11 is 7.39. The van der Waals surface area contributed by atoms with Crippen molar-refractivity contribution in [3.8, 4) is 17.2 Å². The number of ether oxygens (including phenoxy) is 3. The first kappa shape index (κ1) is 17.4. The molecule has 0 saturated heterocycles. The van der Waals surface area contributed by atoms with Gasteiger partial charge in [-0.1, -0.05) is 17.7 Å². The highest BCUT2D eigenvalue weighted by molar-refractivity contribution is 7.94. The molecule has 0 aliphatic carbocycles. The van der Waals surface area contributed by atoms with Crippen molar-refractivity contribution >= 4 is 38.8 Å². The molecule has 6 rings (SSSR count). The third kappa shape index (κ3) is 2.18. The number of anilines is 1. The van der Waals surface area contributed by atoms with Crippen LogP contribution >= 0.6 is 22.9 Å². The quantitative estimate of drug-likeness (QED) is 0.597. The van der Waals surface area contributed by atoms with Crippen molar-refractivity contribution in [2.24, 2.45) is 0 Å². The summed E-state index contributed by atoms with van der Waals surface area (Å²) in [4.78, 5) is 5.24. The Morgan fingerprint density at radius 1 is 1.10 bits per heavy atom. The van der Waals surface area contributed by atoms with Crippen molar-refractivity contribution in [3.05, 3.63) is 62.9 Å². The van der Waals surface area contributed by atoms with E-state index < -0.39 is 14.8 Å². The van der Waals surface area contributed by atoms with Crippen molar-refractivity contribution in [2.45, 2.75) is 11.3 Å². The molecule has 0 saturated carbocycles. The summed E-state index contributed by atoms with van der Waals surface area (Å²) in [6.45, 7) is 0.223. The number of fused-ring (bicyclic) bond motifs is 5. The molecule has 29 heavy (non-hydrogen) atoms. The molecule has 1 atom stereocenters. The predicted octanol–water partition coefficient (Wildman–Crippen LogP) is 3.51. The van der Waals surface area contributed by atoms with Gasteiger partial charge in [-0.3, -0.25) is 0 Å². The average Bonchev–Trinajstić information content (AvgIpc) is 3.45. The predicted molar refractivity (Wildman–Crippen MR) is 108 cm³/mol. The fraction of sp³-hybridized carbons (Fsp3) is 0.211. The maximum Gasteiger partial charge on any atom is 0.254 e. The molecule has 0 bridgehead atoms. The van der Waals surface area contributed by atoms with Crippen molar-refractivity contribution < 1.29 is 22.6 Å². The van der Waals surface area contributed by atoms with E-state index in [2.05, 4.69) is 4.98 Å². The minimum absolute atomic E-state index is 0.0338. The Morgan fingerprint density at radius 3 is 2.72 bits per heavy atom. The van der Waals surface area contributed by atoms with Gasteiger partial charge in [-0.2, -0.15) is 0 Å².